The highest BCUT2D eigenvalue weighted by molar-refractivity contribution is 6.01. The Morgan fingerprint density at radius 1 is 0.864 bits per heavy atom. The van der Waals surface area contributed by atoms with E-state index in [4.69, 9.17) is 0 Å². The average Bonchev–Trinajstić information content (AvgIpc) is 3.59. The molecule has 8 rings (SSSR count). The number of anilines is 1. The molecule has 6 aromatic rings. The lowest BCUT2D eigenvalue weighted by Crippen LogP contribution is -2.49. The molecular weight excluding hydrogens is 543 g/mol. The van der Waals surface area contributed by atoms with Crippen molar-refractivity contribution in [1.29, 1.82) is 0 Å². The molecule has 0 fully saturated rings. The number of H-pyrrole nitrogens is 1. The van der Waals surface area contributed by atoms with E-state index in [1.165, 1.54) is 16.7 Å². The fourth-order valence-electron chi connectivity index (χ4n) is 7.91. The van der Waals surface area contributed by atoms with Gasteiger partial charge in [0.05, 0.1) is 5.41 Å². The second-order valence-electron chi connectivity index (χ2n) is 12.4. The summed E-state index contributed by atoms with van der Waals surface area (Å²) in [5.41, 5.74) is 8.58. The molecule has 0 bridgehead atoms. The van der Waals surface area contributed by atoms with Crippen molar-refractivity contribution in [2.24, 2.45) is 5.92 Å². The molecule has 1 aromatic heterocycles. The Hall–Kier alpha value is -4.96. The molecule has 0 saturated heterocycles. The zero-order valence-corrected chi connectivity index (χ0v) is 24.6. The van der Waals surface area contributed by atoms with Gasteiger partial charge in [-0.15, -0.1) is 0 Å². The second-order valence-corrected chi connectivity index (χ2v) is 12.4. The van der Waals surface area contributed by atoms with Crippen LogP contribution in [0.15, 0.2) is 127 Å². The smallest absolute Gasteiger partial charge is 0.167 e. The zero-order valence-electron chi connectivity index (χ0n) is 24.6. The lowest BCUT2D eigenvalue weighted by Gasteiger charge is -2.44. The van der Waals surface area contributed by atoms with Crippen molar-refractivity contribution < 1.29 is 9.18 Å². The number of aromatic amines is 1. The summed E-state index contributed by atoms with van der Waals surface area (Å²) in [6.07, 6.45) is 0.626. The maximum Gasteiger partial charge on any atom is 0.167 e. The molecule has 4 heteroatoms. The first-order valence-electron chi connectivity index (χ1n) is 15.4. The summed E-state index contributed by atoms with van der Waals surface area (Å²) < 4.78 is 15.4. The monoisotopic (exact) mass is 576 g/mol. The number of Topliss-reactive ketones (excluding diaryl/α,β-unsaturated/α-hetero) is 1. The van der Waals surface area contributed by atoms with Crippen LogP contribution in [0.4, 0.5) is 10.1 Å². The number of ketones is 1. The van der Waals surface area contributed by atoms with Gasteiger partial charge in [0.25, 0.3) is 0 Å². The highest BCUT2D eigenvalue weighted by Gasteiger charge is 2.57. The summed E-state index contributed by atoms with van der Waals surface area (Å²) in [6, 6.07) is 42.4. The van der Waals surface area contributed by atoms with Gasteiger partial charge in [0.2, 0.25) is 0 Å². The van der Waals surface area contributed by atoms with E-state index < -0.39 is 11.3 Å². The van der Waals surface area contributed by atoms with Crippen molar-refractivity contribution >= 4 is 22.4 Å². The van der Waals surface area contributed by atoms with E-state index in [2.05, 4.69) is 76.6 Å². The molecule has 2 aliphatic rings. The number of carbonyl (C=O) groups is 1. The number of aryl methyl sites for hydroxylation is 1. The van der Waals surface area contributed by atoms with Crippen LogP contribution >= 0.6 is 0 Å². The van der Waals surface area contributed by atoms with Gasteiger partial charge >= 0.3 is 0 Å². The highest BCUT2D eigenvalue weighted by atomic mass is 19.1. The van der Waals surface area contributed by atoms with Gasteiger partial charge in [-0.1, -0.05) is 109 Å². The van der Waals surface area contributed by atoms with Gasteiger partial charge in [-0.3, -0.25) is 4.79 Å². The molecule has 3 unspecified atom stereocenters. The maximum absolute atomic E-state index is 15.4. The number of nitrogens with one attached hydrogen (secondary N) is 1. The van der Waals surface area contributed by atoms with Crippen molar-refractivity contribution in [1.82, 2.24) is 4.98 Å². The van der Waals surface area contributed by atoms with Crippen LogP contribution in [-0.4, -0.2) is 17.3 Å². The lowest BCUT2D eigenvalue weighted by molar-refractivity contribution is 0.0844. The fraction of sp³-hybridized carbons (Fsp3) is 0.175. The second kappa shape index (κ2) is 10.3. The van der Waals surface area contributed by atoms with Crippen molar-refractivity contribution in [2.45, 2.75) is 31.2 Å². The van der Waals surface area contributed by atoms with Crippen LogP contribution in [-0.2, 0) is 12.0 Å². The summed E-state index contributed by atoms with van der Waals surface area (Å²) in [6.45, 7) is 3.28. The maximum atomic E-state index is 15.4. The SMILES string of the molecule is Cc1ccc(C(=O)C2CC(c3ccccc3)c3c([nH]c4ccccc34)C23CN(Cc2ccccc2)c2ccc(F)cc23)cc1. The van der Waals surface area contributed by atoms with Crippen molar-refractivity contribution in [2.75, 3.05) is 11.4 Å². The van der Waals surface area contributed by atoms with E-state index in [1.807, 2.05) is 55.5 Å². The summed E-state index contributed by atoms with van der Waals surface area (Å²) in [5, 5.41) is 1.16. The Bertz CT molecular complexity index is 2000. The van der Waals surface area contributed by atoms with Crippen LogP contribution in [0, 0.1) is 18.7 Å². The molecule has 1 aliphatic heterocycles. The molecule has 3 atom stereocenters. The minimum atomic E-state index is -0.770. The molecule has 0 radical (unpaired) electrons. The Morgan fingerprint density at radius 2 is 1.57 bits per heavy atom. The zero-order chi connectivity index (χ0) is 29.8. The molecule has 3 nitrogen and oxygen atoms in total. The highest BCUT2D eigenvalue weighted by Crippen LogP contribution is 2.59. The molecular formula is C40H33FN2O. The number of para-hydroxylation sites is 1. The van der Waals surface area contributed by atoms with E-state index >= 15 is 4.39 Å². The number of fused-ring (bicyclic) bond motifs is 6. The van der Waals surface area contributed by atoms with E-state index in [0.29, 0.717) is 25.1 Å². The van der Waals surface area contributed by atoms with Crippen molar-refractivity contribution in [3.8, 4) is 0 Å². The van der Waals surface area contributed by atoms with E-state index in [0.717, 1.165) is 33.4 Å². The molecule has 216 valence electrons. The Morgan fingerprint density at radius 3 is 2.34 bits per heavy atom. The van der Waals surface area contributed by atoms with Crippen LogP contribution in [0.1, 0.15) is 56.2 Å². The minimum Gasteiger partial charge on any atom is -0.366 e. The van der Waals surface area contributed by atoms with Crippen LogP contribution in [0.2, 0.25) is 0 Å². The third-order valence-electron chi connectivity index (χ3n) is 9.90. The predicted octanol–water partition coefficient (Wildman–Crippen LogP) is 8.96. The first kappa shape index (κ1) is 26.7. The van der Waals surface area contributed by atoms with Crippen molar-refractivity contribution in [3.05, 3.63) is 172 Å². The summed E-state index contributed by atoms with van der Waals surface area (Å²) in [4.78, 5) is 21.1. The van der Waals surface area contributed by atoms with Crippen LogP contribution < -0.4 is 4.90 Å². The molecule has 1 spiro atoms. The van der Waals surface area contributed by atoms with Gasteiger partial charge in [0.15, 0.2) is 5.78 Å². The quantitative estimate of drug-likeness (QED) is 0.208. The first-order valence-corrected chi connectivity index (χ1v) is 15.4. The first-order chi connectivity index (χ1) is 21.5. The average molecular weight is 577 g/mol. The molecule has 1 N–H and O–H groups in total. The van der Waals surface area contributed by atoms with Crippen LogP contribution in [0.25, 0.3) is 10.9 Å². The van der Waals surface area contributed by atoms with Gasteiger partial charge in [-0.05, 0) is 59.9 Å². The number of hydrogen-bond donors (Lipinski definition) is 1. The van der Waals surface area contributed by atoms with Gasteiger partial charge in [0, 0.05) is 52.8 Å². The molecule has 1 aliphatic carbocycles. The van der Waals surface area contributed by atoms with Gasteiger partial charge in [-0.2, -0.15) is 0 Å². The Balaban J connectivity index is 1.41. The summed E-state index contributed by atoms with van der Waals surface area (Å²) in [5.74, 6) is -0.592. The van der Waals surface area contributed by atoms with E-state index in [9.17, 15) is 4.79 Å². The minimum absolute atomic E-state index is 0.00700. The van der Waals surface area contributed by atoms with Gasteiger partial charge < -0.3 is 9.88 Å². The van der Waals surface area contributed by atoms with Gasteiger partial charge in [0.1, 0.15) is 5.82 Å². The number of carbonyl (C=O) groups excluding carboxylic acids is 1. The number of rotatable bonds is 5. The van der Waals surface area contributed by atoms with E-state index in [1.54, 1.807) is 12.1 Å². The molecule has 5 aromatic carbocycles. The fourth-order valence-corrected chi connectivity index (χ4v) is 7.91. The topological polar surface area (TPSA) is 36.1 Å². The normalized spacial score (nSPS) is 20.5. The Labute approximate surface area is 257 Å². The summed E-state index contributed by atoms with van der Waals surface area (Å²) >= 11 is 0. The molecule has 44 heavy (non-hydrogen) atoms. The molecule has 0 saturated carbocycles. The summed E-state index contributed by atoms with van der Waals surface area (Å²) in [7, 11) is 0. The third-order valence-corrected chi connectivity index (χ3v) is 9.90. The Kier molecular flexibility index (Phi) is 6.26. The number of benzene rings is 5. The van der Waals surface area contributed by atoms with Crippen LogP contribution in [0.3, 0.4) is 0 Å². The number of nitrogens with zero attached hydrogens (tertiary/aromatic N) is 1. The number of hydrogen-bond acceptors (Lipinski definition) is 2. The molecule has 2 heterocycles. The third kappa shape index (κ3) is 4.12. The van der Waals surface area contributed by atoms with Crippen molar-refractivity contribution in [3.63, 3.8) is 0 Å². The molecule has 0 amide bonds. The number of halogens is 1. The van der Waals surface area contributed by atoms with E-state index in [-0.39, 0.29) is 17.5 Å². The van der Waals surface area contributed by atoms with Crippen LogP contribution in [0.5, 0.6) is 0 Å². The lowest BCUT2D eigenvalue weighted by atomic mass is 9.57. The predicted molar refractivity (Wildman–Crippen MR) is 175 cm³/mol. The van der Waals surface area contributed by atoms with Gasteiger partial charge in [-0.25, -0.2) is 4.39 Å². The largest absolute Gasteiger partial charge is 0.366 e. The number of aromatic nitrogens is 1. The standard InChI is InChI=1S/C40H33FN2O/c1-26-16-18-29(19-17-26)38(44)34-23-32(28-12-6-3-7-13-28)37-31-14-8-9-15-35(31)42-39(37)40(34)25-43(24-27-10-4-2-5-11-27)36-21-20-30(41)22-33(36)40/h2-22,32,34,42H,23-25H2,1H3.